The Hall–Kier alpha value is -2.11. The quantitative estimate of drug-likeness (QED) is 0.804. The van der Waals surface area contributed by atoms with Gasteiger partial charge >= 0.3 is 12.1 Å². The van der Waals surface area contributed by atoms with E-state index < -0.39 is 11.7 Å². The number of hydrogen-bond acceptors (Lipinski definition) is 5. The molecule has 0 aromatic carbocycles. The summed E-state index contributed by atoms with van der Waals surface area (Å²) in [6.45, 7) is 5.76. The van der Waals surface area contributed by atoms with Crippen LogP contribution in [-0.4, -0.2) is 29.3 Å². The van der Waals surface area contributed by atoms with Crippen molar-refractivity contribution in [3.05, 3.63) is 23.4 Å². The van der Waals surface area contributed by atoms with E-state index >= 15 is 0 Å². The van der Waals surface area contributed by atoms with Crippen LogP contribution in [0.1, 0.15) is 49.7 Å². The third-order valence-corrected chi connectivity index (χ3v) is 3.58. The SMILES string of the molecule is CC(C)(C)OC(=O)Nc1ccc2c(n1)C1(CC1)COC2=O. The lowest BCUT2D eigenvalue weighted by molar-refractivity contribution is 0.0418. The highest BCUT2D eigenvalue weighted by molar-refractivity contribution is 5.93. The zero-order chi connectivity index (χ0) is 15.3. The van der Waals surface area contributed by atoms with E-state index in [4.69, 9.17) is 9.47 Å². The number of carbonyl (C=O) groups excluding carboxylic acids is 2. The molecule has 6 nitrogen and oxygen atoms in total. The van der Waals surface area contributed by atoms with Gasteiger partial charge in [0.1, 0.15) is 18.0 Å². The highest BCUT2D eigenvalue weighted by Gasteiger charge is 2.51. The van der Waals surface area contributed by atoms with E-state index in [1.807, 2.05) is 0 Å². The summed E-state index contributed by atoms with van der Waals surface area (Å²) in [5.41, 5.74) is 0.509. The van der Waals surface area contributed by atoms with Crippen molar-refractivity contribution in [2.75, 3.05) is 11.9 Å². The minimum absolute atomic E-state index is 0.144. The number of pyridine rings is 1. The predicted molar refractivity (Wildman–Crippen MR) is 75.3 cm³/mol. The number of aromatic nitrogens is 1. The van der Waals surface area contributed by atoms with Crippen LogP contribution in [0.15, 0.2) is 12.1 Å². The average Bonchev–Trinajstić information content (AvgIpc) is 3.13. The Kier molecular flexibility index (Phi) is 2.93. The third-order valence-electron chi connectivity index (χ3n) is 3.58. The van der Waals surface area contributed by atoms with Gasteiger partial charge in [-0.05, 0) is 45.7 Å². The number of ether oxygens (including phenoxy) is 2. The number of esters is 1. The molecule has 1 amide bonds. The second kappa shape index (κ2) is 4.44. The molecule has 1 fully saturated rings. The number of rotatable bonds is 1. The van der Waals surface area contributed by atoms with Crippen LogP contribution in [0.5, 0.6) is 0 Å². The van der Waals surface area contributed by atoms with Gasteiger partial charge in [-0.15, -0.1) is 0 Å². The van der Waals surface area contributed by atoms with Crippen LogP contribution in [0, 0.1) is 0 Å². The summed E-state index contributed by atoms with van der Waals surface area (Å²) in [5.74, 6) is 0.0443. The summed E-state index contributed by atoms with van der Waals surface area (Å²) in [6, 6.07) is 3.24. The molecule has 0 radical (unpaired) electrons. The summed E-state index contributed by atoms with van der Waals surface area (Å²) in [5, 5.41) is 2.60. The zero-order valence-corrected chi connectivity index (χ0v) is 12.4. The molecule has 0 saturated heterocycles. The monoisotopic (exact) mass is 290 g/mol. The van der Waals surface area contributed by atoms with Crippen molar-refractivity contribution in [2.45, 2.75) is 44.6 Å². The van der Waals surface area contributed by atoms with E-state index in [0.29, 0.717) is 18.0 Å². The van der Waals surface area contributed by atoms with Crippen molar-refractivity contribution < 1.29 is 19.1 Å². The van der Waals surface area contributed by atoms with Gasteiger partial charge in [-0.3, -0.25) is 5.32 Å². The van der Waals surface area contributed by atoms with E-state index in [1.54, 1.807) is 32.9 Å². The minimum atomic E-state index is -0.570. The molecule has 1 aromatic rings. The fourth-order valence-electron chi connectivity index (χ4n) is 2.39. The number of nitrogens with one attached hydrogen (secondary N) is 1. The van der Waals surface area contributed by atoms with E-state index in [1.165, 1.54) is 0 Å². The van der Waals surface area contributed by atoms with Crippen molar-refractivity contribution in [1.82, 2.24) is 4.98 Å². The van der Waals surface area contributed by atoms with Gasteiger partial charge in [-0.1, -0.05) is 0 Å². The second-order valence-corrected chi connectivity index (χ2v) is 6.58. The predicted octanol–water partition coefficient (Wildman–Crippen LogP) is 2.63. The lowest BCUT2D eigenvalue weighted by atomic mass is 9.95. The highest BCUT2D eigenvalue weighted by Crippen LogP contribution is 2.51. The van der Waals surface area contributed by atoms with Crippen molar-refractivity contribution in [1.29, 1.82) is 0 Å². The largest absolute Gasteiger partial charge is 0.461 e. The molecule has 1 aliphatic heterocycles. The first-order valence-electron chi connectivity index (χ1n) is 6.98. The molecule has 1 saturated carbocycles. The zero-order valence-electron chi connectivity index (χ0n) is 12.4. The lowest BCUT2D eigenvalue weighted by Gasteiger charge is -2.24. The summed E-state index contributed by atoms with van der Waals surface area (Å²) in [7, 11) is 0. The molecular formula is C15H18N2O4. The molecule has 0 unspecified atom stereocenters. The van der Waals surface area contributed by atoms with Crippen molar-refractivity contribution in [3.63, 3.8) is 0 Å². The maximum absolute atomic E-state index is 11.8. The molecule has 0 atom stereocenters. The van der Waals surface area contributed by atoms with Gasteiger partial charge < -0.3 is 9.47 Å². The molecule has 2 aliphatic rings. The first kappa shape index (κ1) is 13.9. The molecule has 1 aromatic heterocycles. The molecule has 21 heavy (non-hydrogen) atoms. The van der Waals surface area contributed by atoms with Crippen LogP contribution in [0.25, 0.3) is 0 Å². The Morgan fingerprint density at radius 2 is 2.10 bits per heavy atom. The highest BCUT2D eigenvalue weighted by atomic mass is 16.6. The van der Waals surface area contributed by atoms with Crippen LogP contribution in [0.2, 0.25) is 0 Å². The van der Waals surface area contributed by atoms with Crippen molar-refractivity contribution in [2.24, 2.45) is 0 Å². The fraction of sp³-hybridized carbons (Fsp3) is 0.533. The Labute approximate surface area is 122 Å². The van der Waals surface area contributed by atoms with Crippen molar-refractivity contribution in [3.8, 4) is 0 Å². The van der Waals surface area contributed by atoms with E-state index in [9.17, 15) is 9.59 Å². The number of anilines is 1. The van der Waals surface area contributed by atoms with Gasteiger partial charge in [0.15, 0.2) is 0 Å². The molecule has 1 spiro atoms. The fourth-order valence-corrected chi connectivity index (χ4v) is 2.39. The first-order valence-corrected chi connectivity index (χ1v) is 6.98. The van der Waals surface area contributed by atoms with Crippen LogP contribution in [-0.2, 0) is 14.9 Å². The summed E-state index contributed by atoms with van der Waals surface area (Å²) in [6.07, 6.45) is 1.35. The molecular weight excluding hydrogens is 272 g/mol. The van der Waals surface area contributed by atoms with Crippen LogP contribution < -0.4 is 5.32 Å². The number of hydrogen-bond donors (Lipinski definition) is 1. The normalized spacial score (nSPS) is 18.7. The molecule has 6 heteroatoms. The van der Waals surface area contributed by atoms with Gasteiger partial charge in [0.2, 0.25) is 0 Å². The maximum atomic E-state index is 11.8. The molecule has 1 N–H and O–H groups in total. The number of carbonyl (C=O) groups is 2. The minimum Gasteiger partial charge on any atom is -0.461 e. The smallest absolute Gasteiger partial charge is 0.413 e. The van der Waals surface area contributed by atoms with Crippen LogP contribution >= 0.6 is 0 Å². The van der Waals surface area contributed by atoms with E-state index in [2.05, 4.69) is 10.3 Å². The van der Waals surface area contributed by atoms with Gasteiger partial charge in [0, 0.05) is 5.41 Å². The number of amides is 1. The molecule has 1 aliphatic carbocycles. The topological polar surface area (TPSA) is 77.5 Å². The summed E-state index contributed by atoms with van der Waals surface area (Å²) in [4.78, 5) is 28.0. The van der Waals surface area contributed by atoms with Crippen molar-refractivity contribution >= 4 is 17.9 Å². The maximum Gasteiger partial charge on any atom is 0.413 e. The Bertz CT molecular complexity index is 615. The number of cyclic esters (lactones) is 1. The van der Waals surface area contributed by atoms with Gasteiger partial charge in [-0.25, -0.2) is 14.6 Å². The van der Waals surface area contributed by atoms with Gasteiger partial charge in [0.05, 0.1) is 11.3 Å². The molecule has 112 valence electrons. The van der Waals surface area contributed by atoms with E-state index in [-0.39, 0.29) is 11.4 Å². The average molecular weight is 290 g/mol. The Morgan fingerprint density at radius 1 is 1.38 bits per heavy atom. The third kappa shape index (κ3) is 2.70. The second-order valence-electron chi connectivity index (χ2n) is 6.58. The number of fused-ring (bicyclic) bond motifs is 2. The Balaban J connectivity index is 1.83. The van der Waals surface area contributed by atoms with Gasteiger partial charge in [0.25, 0.3) is 0 Å². The lowest BCUT2D eigenvalue weighted by Crippen LogP contribution is -2.30. The number of nitrogens with zero attached hydrogens (tertiary/aromatic N) is 1. The van der Waals surface area contributed by atoms with Gasteiger partial charge in [-0.2, -0.15) is 0 Å². The van der Waals surface area contributed by atoms with Crippen LogP contribution in [0.4, 0.5) is 10.6 Å². The summed E-state index contributed by atoms with van der Waals surface area (Å²) < 4.78 is 10.4. The van der Waals surface area contributed by atoms with E-state index in [0.717, 1.165) is 18.5 Å². The summed E-state index contributed by atoms with van der Waals surface area (Å²) >= 11 is 0. The Morgan fingerprint density at radius 3 is 2.71 bits per heavy atom. The first-order chi connectivity index (χ1) is 9.79. The standard InChI is InChI=1S/C15H18N2O4/c1-14(2,3)21-13(19)17-10-5-4-9-11(16-10)15(6-7-15)8-20-12(9)18/h4-5H,6-8H2,1-3H3,(H,16,17,19). The molecule has 2 heterocycles. The molecule has 3 rings (SSSR count). The van der Waals surface area contributed by atoms with Crippen LogP contribution in [0.3, 0.4) is 0 Å². The molecule has 0 bridgehead atoms.